The molecule has 0 spiro atoms. The molecule has 1 aromatic heterocycles. The molecule has 6 rings (SSSR count). The van der Waals surface area contributed by atoms with Gasteiger partial charge in [0.05, 0.1) is 12.1 Å². The van der Waals surface area contributed by atoms with Gasteiger partial charge in [-0.15, -0.1) is 0 Å². The highest BCUT2D eigenvalue weighted by Gasteiger charge is 2.41. The maximum Gasteiger partial charge on any atom is 0.255 e. The number of hydrogen-bond donors (Lipinski definition) is 2. The number of amides is 1. The fourth-order valence-electron chi connectivity index (χ4n) is 6.24. The van der Waals surface area contributed by atoms with E-state index in [1.165, 1.54) is 18.2 Å². The van der Waals surface area contributed by atoms with Crippen LogP contribution in [0, 0.1) is 12.7 Å². The van der Waals surface area contributed by atoms with Gasteiger partial charge in [-0.05, 0) is 73.2 Å². The van der Waals surface area contributed by atoms with Crippen LogP contribution in [-0.4, -0.2) is 23.8 Å². The lowest BCUT2D eigenvalue weighted by Crippen LogP contribution is -2.37. The molecule has 0 saturated carbocycles. The van der Waals surface area contributed by atoms with Crippen molar-refractivity contribution in [1.82, 2.24) is 10.3 Å². The van der Waals surface area contributed by atoms with E-state index in [1.807, 2.05) is 74.5 Å². The van der Waals surface area contributed by atoms with Gasteiger partial charge in [-0.25, -0.2) is 9.37 Å². The Morgan fingerprint density at radius 2 is 1.83 bits per heavy atom. The number of benzene rings is 3. The van der Waals surface area contributed by atoms with Gasteiger partial charge in [0.15, 0.2) is 5.78 Å². The zero-order valence-electron chi connectivity index (χ0n) is 25.7. The van der Waals surface area contributed by atoms with E-state index in [0.717, 1.165) is 22.4 Å². The molecule has 1 amide bonds. The molecule has 4 aromatic rings. The lowest BCUT2D eigenvalue weighted by molar-refractivity contribution is -0.116. The summed E-state index contributed by atoms with van der Waals surface area (Å²) in [4.78, 5) is 32.5. The number of Topliss-reactive ketones (excluding diaryl/α,β-unsaturated/α-hetero) is 1. The van der Waals surface area contributed by atoms with Gasteiger partial charge in [-0.1, -0.05) is 54.1 Å². The van der Waals surface area contributed by atoms with Crippen LogP contribution in [0.15, 0.2) is 108 Å². The van der Waals surface area contributed by atoms with Crippen molar-refractivity contribution in [2.45, 2.75) is 45.1 Å². The van der Waals surface area contributed by atoms with E-state index in [2.05, 4.69) is 15.6 Å². The van der Waals surface area contributed by atoms with Gasteiger partial charge in [0.25, 0.3) is 5.91 Å². The minimum Gasteiger partial charge on any atom is -0.496 e. The number of carbonyl (C=O) groups excluding carboxylic acids is 2. The molecule has 0 fully saturated rings. The Morgan fingerprint density at radius 1 is 1.02 bits per heavy atom. The average Bonchev–Trinajstić information content (AvgIpc) is 3.05. The zero-order valence-corrected chi connectivity index (χ0v) is 26.5. The van der Waals surface area contributed by atoms with Gasteiger partial charge >= 0.3 is 0 Å². The Kier molecular flexibility index (Phi) is 8.90. The number of dihydropyridines is 1. The van der Waals surface area contributed by atoms with Gasteiger partial charge in [0.1, 0.15) is 29.7 Å². The number of ketones is 1. The standard InChI is InChI=1S/C37H33ClFN3O4/c1-21-8-7-15-40-36(21)42-37(44)33-22(2)41-30-17-25(23-9-5-4-6-10-23)18-31(43)35(30)34(33)24-11-14-32(45-3)26(16-24)20-46-27-12-13-29(39)28(38)19-27/h4-16,19,25,34,41H,17-18,20H2,1-3H3,(H,40,42,44). The largest absolute Gasteiger partial charge is 0.496 e. The number of carbonyl (C=O) groups is 2. The van der Waals surface area contributed by atoms with Crippen LogP contribution in [0.4, 0.5) is 10.2 Å². The zero-order chi connectivity index (χ0) is 32.4. The van der Waals surface area contributed by atoms with Gasteiger partial charge in [0.2, 0.25) is 0 Å². The van der Waals surface area contributed by atoms with E-state index >= 15 is 0 Å². The Labute approximate surface area is 272 Å². The fraction of sp³-hybridized carbons (Fsp3) is 0.216. The molecule has 2 N–H and O–H groups in total. The SMILES string of the molecule is COc1ccc(C2C(C(=O)Nc3ncccc3C)=C(C)NC3=C2C(=O)CC(c2ccccc2)C3)cc1COc1ccc(F)c(Cl)c1. The highest BCUT2D eigenvalue weighted by atomic mass is 35.5. The number of allylic oxidation sites excluding steroid dienone is 3. The number of ether oxygens (including phenoxy) is 2. The second kappa shape index (κ2) is 13.2. The smallest absolute Gasteiger partial charge is 0.255 e. The number of anilines is 1. The molecule has 234 valence electrons. The summed E-state index contributed by atoms with van der Waals surface area (Å²) >= 11 is 5.97. The topological polar surface area (TPSA) is 89.5 Å². The van der Waals surface area contributed by atoms with Crippen molar-refractivity contribution in [2.24, 2.45) is 0 Å². The Morgan fingerprint density at radius 3 is 2.57 bits per heavy atom. The summed E-state index contributed by atoms with van der Waals surface area (Å²) < 4.78 is 25.3. The molecule has 2 aliphatic rings. The van der Waals surface area contributed by atoms with Crippen LogP contribution in [0.2, 0.25) is 5.02 Å². The summed E-state index contributed by atoms with van der Waals surface area (Å²) in [5.74, 6) is -0.144. The molecule has 9 heteroatoms. The number of aryl methyl sites for hydroxylation is 1. The van der Waals surface area contributed by atoms with E-state index < -0.39 is 11.7 Å². The number of pyridine rings is 1. The first kappa shape index (κ1) is 31.0. The lowest BCUT2D eigenvalue weighted by atomic mass is 9.71. The number of halogens is 2. The van der Waals surface area contributed by atoms with E-state index in [0.29, 0.717) is 52.6 Å². The molecule has 2 heterocycles. The number of rotatable bonds is 8. The van der Waals surface area contributed by atoms with E-state index in [4.69, 9.17) is 21.1 Å². The Hall–Kier alpha value is -4.95. The minimum atomic E-state index is -0.658. The minimum absolute atomic E-state index is 0.0160. The molecule has 1 aliphatic carbocycles. The first-order chi connectivity index (χ1) is 22.2. The molecule has 0 radical (unpaired) electrons. The fourth-order valence-corrected chi connectivity index (χ4v) is 6.41. The molecule has 1 aliphatic heterocycles. The second-order valence-corrected chi connectivity index (χ2v) is 11.9. The van der Waals surface area contributed by atoms with Crippen LogP contribution >= 0.6 is 11.6 Å². The van der Waals surface area contributed by atoms with Crippen LogP contribution in [-0.2, 0) is 16.2 Å². The van der Waals surface area contributed by atoms with E-state index in [9.17, 15) is 14.0 Å². The Balaban J connectivity index is 1.41. The van der Waals surface area contributed by atoms with Crippen molar-refractivity contribution in [3.05, 3.63) is 141 Å². The van der Waals surface area contributed by atoms with Gasteiger partial charge in [-0.3, -0.25) is 9.59 Å². The molecular formula is C37H33ClFN3O4. The molecule has 0 bridgehead atoms. The molecule has 2 atom stereocenters. The number of nitrogens with zero attached hydrogens (tertiary/aromatic N) is 1. The van der Waals surface area contributed by atoms with E-state index in [1.54, 1.807) is 13.3 Å². The van der Waals surface area contributed by atoms with Crippen LogP contribution in [0.1, 0.15) is 53.9 Å². The van der Waals surface area contributed by atoms with Crippen molar-refractivity contribution in [3.63, 3.8) is 0 Å². The molecule has 46 heavy (non-hydrogen) atoms. The highest BCUT2D eigenvalue weighted by Crippen LogP contribution is 2.46. The predicted molar refractivity (Wildman–Crippen MR) is 175 cm³/mol. The summed E-state index contributed by atoms with van der Waals surface area (Å²) in [7, 11) is 1.56. The summed E-state index contributed by atoms with van der Waals surface area (Å²) in [5, 5.41) is 6.37. The third-order valence-corrected chi connectivity index (χ3v) is 8.80. The third kappa shape index (κ3) is 6.26. The molecule has 2 unspecified atom stereocenters. The first-order valence-corrected chi connectivity index (χ1v) is 15.4. The van der Waals surface area contributed by atoms with Crippen molar-refractivity contribution in [2.75, 3.05) is 12.4 Å². The van der Waals surface area contributed by atoms with Gasteiger partial charge in [-0.2, -0.15) is 0 Å². The van der Waals surface area contributed by atoms with Crippen LogP contribution in [0.25, 0.3) is 0 Å². The number of aromatic nitrogens is 1. The molecule has 3 aromatic carbocycles. The van der Waals surface area contributed by atoms with Crippen LogP contribution in [0.5, 0.6) is 11.5 Å². The summed E-state index contributed by atoms with van der Waals surface area (Å²) in [6.45, 7) is 3.82. The van der Waals surface area contributed by atoms with Crippen molar-refractivity contribution in [1.29, 1.82) is 0 Å². The molecule has 7 nitrogen and oxygen atoms in total. The molecule has 0 saturated heterocycles. The van der Waals surface area contributed by atoms with Crippen LogP contribution in [0.3, 0.4) is 0 Å². The molecular weight excluding hydrogens is 605 g/mol. The predicted octanol–water partition coefficient (Wildman–Crippen LogP) is 7.77. The highest BCUT2D eigenvalue weighted by molar-refractivity contribution is 6.30. The first-order valence-electron chi connectivity index (χ1n) is 15.0. The van der Waals surface area contributed by atoms with Crippen molar-refractivity contribution in [3.8, 4) is 11.5 Å². The average molecular weight is 638 g/mol. The van der Waals surface area contributed by atoms with Gasteiger partial charge in [0, 0.05) is 52.7 Å². The Bertz CT molecular complexity index is 1890. The number of methoxy groups -OCH3 is 1. The summed E-state index contributed by atoms with van der Waals surface area (Å²) in [6.07, 6.45) is 2.58. The van der Waals surface area contributed by atoms with Gasteiger partial charge < -0.3 is 20.1 Å². The quantitative estimate of drug-likeness (QED) is 0.205. The van der Waals surface area contributed by atoms with Crippen molar-refractivity contribution >= 4 is 29.1 Å². The van der Waals surface area contributed by atoms with E-state index in [-0.39, 0.29) is 29.2 Å². The lowest BCUT2D eigenvalue weighted by Gasteiger charge is -2.37. The number of hydrogen-bond acceptors (Lipinski definition) is 6. The maximum atomic E-state index is 14.1. The van der Waals surface area contributed by atoms with Crippen molar-refractivity contribution < 1.29 is 23.5 Å². The third-order valence-electron chi connectivity index (χ3n) is 8.51. The summed E-state index contributed by atoms with van der Waals surface area (Å²) in [5.41, 5.74) is 5.81. The number of nitrogens with one attached hydrogen (secondary N) is 2. The maximum absolute atomic E-state index is 14.1. The monoisotopic (exact) mass is 637 g/mol. The normalized spacial score (nSPS) is 17.7. The van der Waals surface area contributed by atoms with Crippen LogP contribution < -0.4 is 20.1 Å². The second-order valence-electron chi connectivity index (χ2n) is 11.5. The summed E-state index contributed by atoms with van der Waals surface area (Å²) in [6, 6.07) is 23.4.